The zero-order valence-corrected chi connectivity index (χ0v) is 9.69. The molecule has 1 rings (SSSR count). The van der Waals surface area contributed by atoms with E-state index in [1.165, 1.54) is 0 Å². The van der Waals surface area contributed by atoms with Crippen LogP contribution in [0.3, 0.4) is 0 Å². The van der Waals surface area contributed by atoms with Crippen molar-refractivity contribution in [3.8, 4) is 5.75 Å². The quantitative estimate of drug-likeness (QED) is 0.683. The zero-order valence-electron chi connectivity index (χ0n) is 7.53. The molecule has 0 aliphatic carbocycles. The third-order valence-corrected chi connectivity index (χ3v) is 2.34. The summed E-state index contributed by atoms with van der Waals surface area (Å²) in [4.78, 5) is 0. The van der Waals surface area contributed by atoms with Crippen molar-refractivity contribution in [2.45, 2.75) is 26.1 Å². The van der Waals surface area contributed by atoms with E-state index in [2.05, 4.69) is 22.6 Å². The smallest absolute Gasteiger partial charge is 0.197 e. The molecular weight excluding hydrogens is 279 g/mol. The Balaban J connectivity index is 2.49. The van der Waals surface area contributed by atoms with Crippen molar-refractivity contribution in [2.75, 3.05) is 0 Å². The van der Waals surface area contributed by atoms with Gasteiger partial charge >= 0.3 is 0 Å². The molecule has 0 fully saturated rings. The first-order chi connectivity index (χ1) is 6.22. The van der Waals surface area contributed by atoms with Crippen LogP contribution in [0.25, 0.3) is 0 Å². The molecule has 0 saturated heterocycles. The highest BCUT2D eigenvalue weighted by atomic mass is 127. The number of halogens is 1. The van der Waals surface area contributed by atoms with Crippen molar-refractivity contribution < 1.29 is 9.84 Å². The maximum Gasteiger partial charge on any atom is 0.197 e. The van der Waals surface area contributed by atoms with Gasteiger partial charge in [-0.05, 0) is 46.9 Å². The molecule has 13 heavy (non-hydrogen) atoms. The van der Waals surface area contributed by atoms with Crippen LogP contribution in [0, 0.1) is 3.57 Å². The number of rotatable bonds is 4. The summed E-state index contributed by atoms with van der Waals surface area (Å²) < 4.78 is 6.42. The lowest BCUT2D eigenvalue weighted by Crippen LogP contribution is -2.14. The summed E-state index contributed by atoms with van der Waals surface area (Å²) >= 11 is 2.23. The molecule has 1 unspecified atom stereocenters. The predicted octanol–water partition coefficient (Wildman–Crippen LogP) is 2.79. The molecule has 1 atom stereocenters. The monoisotopic (exact) mass is 292 g/mol. The molecule has 0 aromatic heterocycles. The molecule has 0 amide bonds. The average molecular weight is 292 g/mol. The van der Waals surface area contributed by atoms with Gasteiger partial charge in [-0.2, -0.15) is 0 Å². The summed E-state index contributed by atoms with van der Waals surface area (Å²) in [6.07, 6.45) is 0.919. The SMILES string of the molecule is CCCC(O)Oc1ccc(I)cc1. The van der Waals surface area contributed by atoms with E-state index < -0.39 is 6.29 Å². The Kier molecular flexibility index (Phi) is 4.52. The molecule has 0 heterocycles. The first-order valence-corrected chi connectivity index (χ1v) is 5.40. The Hall–Kier alpha value is -0.290. The average Bonchev–Trinajstić information content (AvgIpc) is 2.09. The van der Waals surface area contributed by atoms with Crippen molar-refractivity contribution in [2.24, 2.45) is 0 Å². The highest BCUT2D eigenvalue weighted by Gasteiger charge is 2.03. The number of benzene rings is 1. The predicted molar refractivity (Wildman–Crippen MR) is 60.7 cm³/mol. The highest BCUT2D eigenvalue weighted by molar-refractivity contribution is 14.1. The standard InChI is InChI=1S/C10H13IO2/c1-2-3-10(12)13-9-6-4-8(11)5-7-9/h4-7,10,12H,2-3H2,1H3. The summed E-state index contributed by atoms with van der Waals surface area (Å²) in [6.45, 7) is 2.01. The van der Waals surface area contributed by atoms with Crippen molar-refractivity contribution in [3.05, 3.63) is 27.8 Å². The molecule has 0 saturated carbocycles. The topological polar surface area (TPSA) is 29.5 Å². The van der Waals surface area contributed by atoms with Crippen molar-refractivity contribution in [3.63, 3.8) is 0 Å². The lowest BCUT2D eigenvalue weighted by Gasteiger charge is -2.12. The first-order valence-electron chi connectivity index (χ1n) is 4.32. The van der Waals surface area contributed by atoms with Gasteiger partial charge in [0.25, 0.3) is 0 Å². The van der Waals surface area contributed by atoms with E-state index in [1.54, 1.807) is 0 Å². The molecule has 0 bridgehead atoms. The summed E-state index contributed by atoms with van der Waals surface area (Å²) in [5.41, 5.74) is 0. The van der Waals surface area contributed by atoms with E-state index in [1.807, 2.05) is 31.2 Å². The van der Waals surface area contributed by atoms with Gasteiger partial charge in [0.2, 0.25) is 0 Å². The normalized spacial score (nSPS) is 12.5. The van der Waals surface area contributed by atoms with Crippen LogP contribution in [-0.4, -0.2) is 11.4 Å². The molecule has 0 radical (unpaired) electrons. The fraction of sp³-hybridized carbons (Fsp3) is 0.400. The largest absolute Gasteiger partial charge is 0.465 e. The second-order valence-corrected chi connectivity index (χ2v) is 4.06. The minimum atomic E-state index is -0.676. The lowest BCUT2D eigenvalue weighted by molar-refractivity contribution is -0.0233. The van der Waals surface area contributed by atoms with Crippen LogP contribution in [0.5, 0.6) is 5.75 Å². The van der Waals surface area contributed by atoms with E-state index >= 15 is 0 Å². The first kappa shape index (κ1) is 10.8. The Labute approximate surface area is 92.1 Å². The molecular formula is C10H13IO2. The summed E-state index contributed by atoms with van der Waals surface area (Å²) in [7, 11) is 0. The fourth-order valence-electron chi connectivity index (χ4n) is 0.976. The molecule has 0 aliphatic heterocycles. The van der Waals surface area contributed by atoms with Crippen LogP contribution in [0.4, 0.5) is 0 Å². The van der Waals surface area contributed by atoms with Crippen molar-refractivity contribution in [1.82, 2.24) is 0 Å². The summed E-state index contributed by atoms with van der Waals surface area (Å²) in [6, 6.07) is 7.63. The van der Waals surface area contributed by atoms with Gasteiger partial charge in [-0.1, -0.05) is 13.3 Å². The Morgan fingerprint density at radius 1 is 1.38 bits per heavy atom. The Morgan fingerprint density at radius 3 is 2.54 bits per heavy atom. The molecule has 72 valence electrons. The van der Waals surface area contributed by atoms with E-state index in [-0.39, 0.29) is 0 Å². The van der Waals surface area contributed by atoms with Gasteiger partial charge in [0.05, 0.1) is 0 Å². The number of aliphatic hydroxyl groups excluding tert-OH is 1. The molecule has 2 nitrogen and oxygen atoms in total. The van der Waals surface area contributed by atoms with Crippen LogP contribution < -0.4 is 4.74 Å². The van der Waals surface area contributed by atoms with E-state index in [0.29, 0.717) is 6.42 Å². The molecule has 0 spiro atoms. The Morgan fingerprint density at radius 2 is 2.00 bits per heavy atom. The molecule has 0 aliphatic rings. The van der Waals surface area contributed by atoms with Crippen LogP contribution in [0.15, 0.2) is 24.3 Å². The number of ether oxygens (including phenoxy) is 1. The van der Waals surface area contributed by atoms with Crippen LogP contribution in [0.1, 0.15) is 19.8 Å². The second kappa shape index (κ2) is 5.44. The van der Waals surface area contributed by atoms with Gasteiger partial charge in [0, 0.05) is 9.99 Å². The summed E-state index contributed by atoms with van der Waals surface area (Å²) in [5.74, 6) is 0.723. The fourth-order valence-corrected chi connectivity index (χ4v) is 1.34. The van der Waals surface area contributed by atoms with Gasteiger partial charge in [0.15, 0.2) is 6.29 Å². The molecule has 1 N–H and O–H groups in total. The second-order valence-electron chi connectivity index (χ2n) is 2.82. The highest BCUT2D eigenvalue weighted by Crippen LogP contribution is 2.15. The Bertz CT molecular complexity index is 246. The maximum absolute atomic E-state index is 9.35. The van der Waals surface area contributed by atoms with Crippen LogP contribution in [0.2, 0.25) is 0 Å². The van der Waals surface area contributed by atoms with E-state index in [4.69, 9.17) is 4.74 Å². The van der Waals surface area contributed by atoms with Gasteiger partial charge < -0.3 is 9.84 Å². The van der Waals surface area contributed by atoms with E-state index in [9.17, 15) is 5.11 Å². The third kappa shape index (κ3) is 3.95. The number of hydrogen-bond acceptors (Lipinski definition) is 2. The lowest BCUT2D eigenvalue weighted by atomic mass is 10.3. The van der Waals surface area contributed by atoms with Crippen LogP contribution in [-0.2, 0) is 0 Å². The molecule has 1 aromatic carbocycles. The maximum atomic E-state index is 9.35. The van der Waals surface area contributed by atoms with Crippen molar-refractivity contribution >= 4 is 22.6 Å². The number of hydrogen-bond donors (Lipinski definition) is 1. The third-order valence-electron chi connectivity index (χ3n) is 1.62. The van der Waals surface area contributed by atoms with Gasteiger partial charge in [-0.15, -0.1) is 0 Å². The zero-order chi connectivity index (χ0) is 9.68. The minimum absolute atomic E-state index is 0.673. The van der Waals surface area contributed by atoms with Gasteiger partial charge in [0.1, 0.15) is 5.75 Å². The number of aliphatic hydroxyl groups is 1. The van der Waals surface area contributed by atoms with E-state index in [0.717, 1.165) is 15.7 Å². The van der Waals surface area contributed by atoms with Gasteiger partial charge in [-0.3, -0.25) is 0 Å². The molecule has 3 heteroatoms. The summed E-state index contributed by atoms with van der Waals surface area (Å²) in [5, 5.41) is 9.35. The van der Waals surface area contributed by atoms with Crippen molar-refractivity contribution in [1.29, 1.82) is 0 Å². The molecule has 1 aromatic rings. The minimum Gasteiger partial charge on any atom is -0.465 e. The van der Waals surface area contributed by atoms with Crippen LogP contribution >= 0.6 is 22.6 Å². The van der Waals surface area contributed by atoms with Gasteiger partial charge in [-0.25, -0.2) is 0 Å².